The Bertz CT molecular complexity index is 450. The minimum absolute atomic E-state index is 0.116. The van der Waals surface area contributed by atoms with Crippen molar-refractivity contribution in [3.05, 3.63) is 34.4 Å². The number of nitro groups is 1. The fourth-order valence-corrected chi connectivity index (χ4v) is 2.89. The summed E-state index contributed by atoms with van der Waals surface area (Å²) in [5.41, 5.74) is 0.687. The molecule has 2 unspecified atom stereocenters. The Kier molecular flexibility index (Phi) is 5.35. The highest BCUT2D eigenvalue weighted by molar-refractivity contribution is 5.60. The van der Waals surface area contributed by atoms with Crippen LogP contribution in [0.15, 0.2) is 24.3 Å². The lowest BCUT2D eigenvalue weighted by Crippen LogP contribution is -2.24. The number of aliphatic hydroxyl groups is 1. The Morgan fingerprint density at radius 1 is 1.30 bits per heavy atom. The first-order valence-electron chi connectivity index (χ1n) is 7.34. The summed E-state index contributed by atoms with van der Waals surface area (Å²) in [6, 6.07) is 6.70. The van der Waals surface area contributed by atoms with E-state index in [0.29, 0.717) is 18.2 Å². The van der Waals surface area contributed by atoms with Crippen LogP contribution in [0.4, 0.5) is 11.4 Å². The van der Waals surface area contributed by atoms with Crippen LogP contribution >= 0.6 is 0 Å². The lowest BCUT2D eigenvalue weighted by Gasteiger charge is -2.27. The molecule has 0 amide bonds. The van der Waals surface area contributed by atoms with Gasteiger partial charge >= 0.3 is 0 Å². The second kappa shape index (κ2) is 7.24. The molecular weight excluding hydrogens is 256 g/mol. The molecule has 1 fully saturated rings. The van der Waals surface area contributed by atoms with Gasteiger partial charge in [0.2, 0.25) is 0 Å². The van der Waals surface area contributed by atoms with Crippen molar-refractivity contribution in [3.8, 4) is 0 Å². The number of nitrogens with zero attached hydrogens (tertiary/aromatic N) is 1. The van der Waals surface area contributed by atoms with Gasteiger partial charge in [0.25, 0.3) is 5.69 Å². The minimum atomic E-state index is -0.368. The van der Waals surface area contributed by atoms with Gasteiger partial charge in [-0.25, -0.2) is 0 Å². The molecule has 0 saturated heterocycles. The van der Waals surface area contributed by atoms with Gasteiger partial charge in [0.15, 0.2) is 0 Å². The maximum absolute atomic E-state index is 10.9. The summed E-state index contributed by atoms with van der Waals surface area (Å²) in [6.07, 6.45) is 6.11. The first-order valence-corrected chi connectivity index (χ1v) is 7.34. The summed E-state index contributed by atoms with van der Waals surface area (Å²) in [4.78, 5) is 10.5. The normalized spacial score (nSPS) is 22.4. The Labute approximate surface area is 119 Å². The molecule has 1 aromatic rings. The Morgan fingerprint density at radius 2 is 2.05 bits per heavy atom. The van der Waals surface area contributed by atoms with Crippen LogP contribution in [0.1, 0.15) is 38.5 Å². The molecular formula is C15H22N2O3. The lowest BCUT2D eigenvalue weighted by atomic mass is 9.83. The van der Waals surface area contributed by atoms with Gasteiger partial charge in [-0.15, -0.1) is 0 Å². The number of hydrogen-bond acceptors (Lipinski definition) is 4. The molecule has 110 valence electrons. The average Bonchev–Trinajstić information content (AvgIpc) is 2.45. The van der Waals surface area contributed by atoms with E-state index in [-0.39, 0.29) is 16.7 Å². The maximum Gasteiger partial charge on any atom is 0.292 e. The van der Waals surface area contributed by atoms with E-state index in [1.807, 2.05) is 0 Å². The highest BCUT2D eigenvalue weighted by Crippen LogP contribution is 2.28. The molecule has 0 spiro atoms. The molecule has 0 bridgehead atoms. The van der Waals surface area contributed by atoms with Crippen molar-refractivity contribution in [1.29, 1.82) is 0 Å². The summed E-state index contributed by atoms with van der Waals surface area (Å²) >= 11 is 0. The van der Waals surface area contributed by atoms with Gasteiger partial charge in [-0.2, -0.15) is 0 Å². The molecule has 1 saturated carbocycles. The smallest absolute Gasteiger partial charge is 0.292 e. The number of benzene rings is 1. The highest BCUT2D eigenvalue weighted by Gasteiger charge is 2.22. The highest BCUT2D eigenvalue weighted by atomic mass is 16.6. The maximum atomic E-state index is 10.9. The fraction of sp³-hybridized carbons (Fsp3) is 0.600. The molecule has 1 aliphatic rings. The van der Waals surface area contributed by atoms with Gasteiger partial charge in [0.1, 0.15) is 5.69 Å². The lowest BCUT2D eigenvalue weighted by molar-refractivity contribution is -0.384. The van der Waals surface area contributed by atoms with Crippen LogP contribution in [0.2, 0.25) is 0 Å². The molecule has 0 aliphatic heterocycles. The molecule has 0 heterocycles. The monoisotopic (exact) mass is 278 g/mol. The number of para-hydroxylation sites is 2. The fourth-order valence-electron chi connectivity index (χ4n) is 2.89. The van der Waals surface area contributed by atoms with E-state index in [0.717, 1.165) is 32.1 Å². The molecule has 1 aromatic carbocycles. The molecule has 2 atom stereocenters. The topological polar surface area (TPSA) is 75.4 Å². The van der Waals surface area contributed by atoms with Gasteiger partial charge < -0.3 is 10.4 Å². The van der Waals surface area contributed by atoms with Crippen molar-refractivity contribution in [2.45, 2.75) is 44.6 Å². The summed E-state index contributed by atoms with van der Waals surface area (Å²) < 4.78 is 0. The first-order chi connectivity index (χ1) is 9.68. The molecule has 5 nitrogen and oxygen atoms in total. The van der Waals surface area contributed by atoms with E-state index < -0.39 is 0 Å². The quantitative estimate of drug-likeness (QED) is 0.475. The van der Waals surface area contributed by atoms with Crippen molar-refractivity contribution >= 4 is 11.4 Å². The van der Waals surface area contributed by atoms with Crippen molar-refractivity contribution < 1.29 is 10.0 Å². The number of rotatable bonds is 6. The third-order valence-corrected chi connectivity index (χ3v) is 4.04. The van der Waals surface area contributed by atoms with E-state index in [1.165, 1.54) is 12.5 Å². The van der Waals surface area contributed by atoms with Gasteiger partial charge in [-0.05, 0) is 37.7 Å². The van der Waals surface area contributed by atoms with Crippen LogP contribution in [-0.2, 0) is 0 Å². The van der Waals surface area contributed by atoms with Gasteiger partial charge in [-0.3, -0.25) is 10.1 Å². The van der Waals surface area contributed by atoms with Crippen LogP contribution in [0.25, 0.3) is 0 Å². The van der Waals surface area contributed by atoms with E-state index >= 15 is 0 Å². The Balaban J connectivity index is 1.77. The van der Waals surface area contributed by atoms with Crippen LogP contribution in [0.3, 0.4) is 0 Å². The molecule has 1 aliphatic carbocycles. The zero-order valence-electron chi connectivity index (χ0n) is 11.6. The molecule has 2 rings (SSSR count). The van der Waals surface area contributed by atoms with Crippen molar-refractivity contribution in [3.63, 3.8) is 0 Å². The number of hydrogen-bond donors (Lipinski definition) is 2. The third-order valence-electron chi connectivity index (χ3n) is 4.04. The van der Waals surface area contributed by atoms with Gasteiger partial charge in [0, 0.05) is 12.6 Å². The van der Waals surface area contributed by atoms with Gasteiger partial charge in [0.05, 0.1) is 11.0 Å². The second-order valence-corrected chi connectivity index (χ2v) is 5.46. The number of anilines is 1. The Hall–Kier alpha value is -1.62. The predicted octanol–water partition coefficient (Wildman–Crippen LogP) is 3.34. The zero-order valence-corrected chi connectivity index (χ0v) is 11.6. The largest absolute Gasteiger partial charge is 0.393 e. The van der Waals surface area contributed by atoms with E-state index in [2.05, 4.69) is 5.32 Å². The van der Waals surface area contributed by atoms with Crippen LogP contribution in [0, 0.1) is 16.0 Å². The van der Waals surface area contributed by atoms with E-state index in [4.69, 9.17) is 0 Å². The van der Waals surface area contributed by atoms with E-state index in [9.17, 15) is 15.2 Å². The average molecular weight is 278 g/mol. The van der Waals surface area contributed by atoms with Gasteiger partial charge in [-0.1, -0.05) is 25.0 Å². The van der Waals surface area contributed by atoms with Crippen LogP contribution in [-0.4, -0.2) is 22.7 Å². The van der Waals surface area contributed by atoms with Crippen molar-refractivity contribution in [2.24, 2.45) is 5.92 Å². The first kappa shape index (κ1) is 14.8. The molecule has 2 N–H and O–H groups in total. The summed E-state index contributed by atoms with van der Waals surface area (Å²) in [6.45, 7) is 0.702. The molecule has 0 radical (unpaired) electrons. The predicted molar refractivity (Wildman–Crippen MR) is 78.8 cm³/mol. The Morgan fingerprint density at radius 3 is 2.80 bits per heavy atom. The summed E-state index contributed by atoms with van der Waals surface area (Å²) in [7, 11) is 0. The summed E-state index contributed by atoms with van der Waals surface area (Å²) in [5.74, 6) is 0.399. The minimum Gasteiger partial charge on any atom is -0.393 e. The van der Waals surface area contributed by atoms with Crippen LogP contribution < -0.4 is 5.32 Å². The standard InChI is InChI=1S/C15H22N2O3/c18-15-10-4-1-6-12(15)7-5-11-16-13-8-2-3-9-14(13)17(19)20/h2-3,8-9,12,15-16,18H,1,4-7,10-11H2. The number of nitrogens with one attached hydrogen (secondary N) is 1. The van der Waals surface area contributed by atoms with Crippen molar-refractivity contribution in [2.75, 3.05) is 11.9 Å². The van der Waals surface area contributed by atoms with Crippen molar-refractivity contribution in [1.82, 2.24) is 0 Å². The third kappa shape index (κ3) is 3.93. The number of nitro benzene ring substituents is 1. The van der Waals surface area contributed by atoms with Crippen LogP contribution in [0.5, 0.6) is 0 Å². The SMILES string of the molecule is O=[N+]([O-])c1ccccc1NCCCC1CCCCC1O. The zero-order chi connectivity index (χ0) is 14.4. The molecule has 5 heteroatoms. The second-order valence-electron chi connectivity index (χ2n) is 5.46. The molecule has 20 heavy (non-hydrogen) atoms. The molecule has 0 aromatic heterocycles. The van der Waals surface area contributed by atoms with E-state index in [1.54, 1.807) is 18.2 Å². The number of aliphatic hydroxyl groups excluding tert-OH is 1. The summed E-state index contributed by atoms with van der Waals surface area (Å²) in [5, 5.41) is 23.9.